The molecule has 5 heterocycles. The van der Waals surface area contributed by atoms with E-state index in [4.69, 9.17) is 9.40 Å². The summed E-state index contributed by atoms with van der Waals surface area (Å²) in [5, 5.41) is 2.98. The molecule has 1 saturated heterocycles. The van der Waals surface area contributed by atoms with E-state index in [1.807, 2.05) is 35.4 Å². The third-order valence-corrected chi connectivity index (χ3v) is 6.70. The standard InChI is InChI=1S/C22H29N5O3/c1-15(2)23-21(29)26-9-6-22(14-26)7-10-27-19(28)17-13-25(12-16-4-3-11-30-16)8-5-18(17)24-20(22)27/h3-4,11,15H,5-10,12-14H2,1-2H3,(H,23,29)/t22-/m1/s1. The van der Waals surface area contributed by atoms with Crippen molar-refractivity contribution in [3.8, 4) is 0 Å². The van der Waals surface area contributed by atoms with Crippen molar-refractivity contribution in [1.82, 2.24) is 24.7 Å². The Morgan fingerprint density at radius 1 is 1.30 bits per heavy atom. The van der Waals surface area contributed by atoms with Crippen LogP contribution in [0.1, 0.15) is 49.5 Å². The van der Waals surface area contributed by atoms with Gasteiger partial charge in [0.15, 0.2) is 0 Å². The Morgan fingerprint density at radius 2 is 2.13 bits per heavy atom. The van der Waals surface area contributed by atoms with Gasteiger partial charge >= 0.3 is 6.03 Å². The zero-order chi connectivity index (χ0) is 20.9. The van der Waals surface area contributed by atoms with Crippen LogP contribution in [0, 0.1) is 0 Å². The maximum absolute atomic E-state index is 13.3. The lowest BCUT2D eigenvalue weighted by Crippen LogP contribution is -2.43. The second kappa shape index (κ2) is 7.27. The first-order valence-electron chi connectivity index (χ1n) is 10.9. The second-order valence-corrected chi connectivity index (χ2v) is 9.16. The molecule has 0 saturated carbocycles. The molecular formula is C22H29N5O3. The average molecular weight is 412 g/mol. The molecule has 8 heteroatoms. The number of fused-ring (bicyclic) bond motifs is 3. The molecule has 30 heavy (non-hydrogen) atoms. The normalized spacial score (nSPS) is 23.2. The van der Waals surface area contributed by atoms with Crippen molar-refractivity contribution in [2.24, 2.45) is 0 Å². The van der Waals surface area contributed by atoms with E-state index in [2.05, 4.69) is 10.2 Å². The van der Waals surface area contributed by atoms with Crippen LogP contribution in [0.2, 0.25) is 0 Å². The number of hydrogen-bond donors (Lipinski definition) is 1. The fourth-order valence-electron chi connectivity index (χ4n) is 5.15. The van der Waals surface area contributed by atoms with Crippen molar-refractivity contribution in [3.05, 3.63) is 51.6 Å². The number of aromatic nitrogens is 2. The van der Waals surface area contributed by atoms with Crippen LogP contribution in [0.5, 0.6) is 0 Å². The maximum Gasteiger partial charge on any atom is 0.317 e. The molecule has 2 aromatic heterocycles. The van der Waals surface area contributed by atoms with Gasteiger partial charge in [-0.25, -0.2) is 9.78 Å². The van der Waals surface area contributed by atoms with E-state index in [0.717, 1.165) is 48.6 Å². The minimum atomic E-state index is -0.187. The molecule has 2 amide bonds. The molecule has 3 aliphatic rings. The number of carbonyl (C=O) groups is 1. The van der Waals surface area contributed by atoms with Crippen LogP contribution < -0.4 is 10.9 Å². The molecule has 0 radical (unpaired) electrons. The van der Waals surface area contributed by atoms with E-state index in [1.54, 1.807) is 6.26 Å². The van der Waals surface area contributed by atoms with Crippen LogP contribution in [-0.4, -0.2) is 51.1 Å². The van der Waals surface area contributed by atoms with E-state index >= 15 is 0 Å². The molecule has 1 N–H and O–H groups in total. The molecule has 1 spiro atoms. The van der Waals surface area contributed by atoms with Crippen molar-refractivity contribution in [3.63, 3.8) is 0 Å². The van der Waals surface area contributed by atoms with Gasteiger partial charge in [-0.3, -0.25) is 14.3 Å². The summed E-state index contributed by atoms with van der Waals surface area (Å²) in [4.78, 5) is 35.0. The lowest BCUT2D eigenvalue weighted by molar-refractivity contribution is 0.202. The summed E-state index contributed by atoms with van der Waals surface area (Å²) in [5.41, 5.74) is 1.67. The van der Waals surface area contributed by atoms with Gasteiger partial charge in [-0.05, 0) is 38.8 Å². The molecule has 5 rings (SSSR count). The van der Waals surface area contributed by atoms with E-state index in [-0.39, 0.29) is 23.0 Å². The van der Waals surface area contributed by atoms with E-state index < -0.39 is 0 Å². The topological polar surface area (TPSA) is 83.6 Å². The zero-order valence-electron chi connectivity index (χ0n) is 17.7. The molecule has 2 aromatic rings. The summed E-state index contributed by atoms with van der Waals surface area (Å²) in [6.45, 7) is 8.15. The number of furan rings is 1. The summed E-state index contributed by atoms with van der Waals surface area (Å²) >= 11 is 0. The first-order valence-corrected chi connectivity index (χ1v) is 10.9. The number of nitrogens with zero attached hydrogens (tertiary/aromatic N) is 4. The number of carbonyl (C=O) groups excluding carboxylic acids is 1. The quantitative estimate of drug-likeness (QED) is 0.834. The third kappa shape index (κ3) is 3.23. The molecular weight excluding hydrogens is 382 g/mol. The fraction of sp³-hybridized carbons (Fsp3) is 0.591. The molecule has 8 nitrogen and oxygen atoms in total. The molecule has 3 aliphatic heterocycles. The molecule has 1 atom stereocenters. The van der Waals surface area contributed by atoms with Gasteiger partial charge in [-0.2, -0.15) is 0 Å². The monoisotopic (exact) mass is 411 g/mol. The first-order chi connectivity index (χ1) is 14.4. The number of nitrogens with one attached hydrogen (secondary N) is 1. The SMILES string of the molecule is CC(C)NC(=O)N1CC[C@@]2(CCn3c2nc2c(c3=O)CN(Cc3ccco3)CC2)C1. The van der Waals surface area contributed by atoms with Crippen molar-refractivity contribution in [2.75, 3.05) is 19.6 Å². The Balaban J connectivity index is 1.39. The second-order valence-electron chi connectivity index (χ2n) is 9.16. The lowest BCUT2D eigenvalue weighted by atomic mass is 9.85. The highest BCUT2D eigenvalue weighted by Gasteiger charge is 2.48. The van der Waals surface area contributed by atoms with E-state index in [9.17, 15) is 9.59 Å². The van der Waals surface area contributed by atoms with Gasteiger partial charge in [0.05, 0.1) is 24.1 Å². The van der Waals surface area contributed by atoms with Crippen LogP contribution in [0.15, 0.2) is 27.6 Å². The molecule has 0 aromatic carbocycles. The number of likely N-dealkylation sites (tertiary alicyclic amines) is 1. The van der Waals surface area contributed by atoms with Gasteiger partial charge in [0, 0.05) is 50.6 Å². The Morgan fingerprint density at radius 3 is 2.90 bits per heavy atom. The predicted octanol–water partition coefficient (Wildman–Crippen LogP) is 1.86. The smallest absolute Gasteiger partial charge is 0.317 e. The van der Waals surface area contributed by atoms with Crippen LogP contribution >= 0.6 is 0 Å². The van der Waals surface area contributed by atoms with Gasteiger partial charge in [-0.1, -0.05) is 0 Å². The minimum Gasteiger partial charge on any atom is -0.468 e. The van der Waals surface area contributed by atoms with E-state index in [0.29, 0.717) is 32.7 Å². The zero-order valence-corrected chi connectivity index (χ0v) is 17.7. The molecule has 160 valence electrons. The van der Waals surface area contributed by atoms with Gasteiger partial charge in [0.1, 0.15) is 11.6 Å². The lowest BCUT2D eigenvalue weighted by Gasteiger charge is -2.29. The molecule has 1 fully saturated rings. The Hall–Kier alpha value is -2.61. The summed E-state index contributed by atoms with van der Waals surface area (Å²) in [6.07, 6.45) is 4.20. The fourth-order valence-corrected chi connectivity index (χ4v) is 5.15. The molecule has 0 aliphatic carbocycles. The highest BCUT2D eigenvalue weighted by Crippen LogP contribution is 2.41. The van der Waals surface area contributed by atoms with Gasteiger partial charge in [0.25, 0.3) is 5.56 Å². The van der Waals surface area contributed by atoms with Gasteiger partial charge in [0.2, 0.25) is 0 Å². The Labute approximate surface area is 175 Å². The number of rotatable bonds is 3. The highest BCUT2D eigenvalue weighted by atomic mass is 16.3. The average Bonchev–Trinajstić information content (AvgIpc) is 3.44. The molecule has 0 unspecified atom stereocenters. The summed E-state index contributed by atoms with van der Waals surface area (Å²) in [7, 11) is 0. The summed E-state index contributed by atoms with van der Waals surface area (Å²) < 4.78 is 7.34. The van der Waals surface area contributed by atoms with Crippen molar-refractivity contribution in [2.45, 2.75) is 64.2 Å². The van der Waals surface area contributed by atoms with E-state index in [1.165, 1.54) is 0 Å². The number of hydrogen-bond acceptors (Lipinski definition) is 5. The van der Waals surface area contributed by atoms with Crippen LogP contribution in [0.3, 0.4) is 0 Å². The summed E-state index contributed by atoms with van der Waals surface area (Å²) in [5.74, 6) is 1.81. The Kier molecular flexibility index (Phi) is 4.69. The summed E-state index contributed by atoms with van der Waals surface area (Å²) in [6, 6.07) is 3.95. The van der Waals surface area contributed by atoms with Crippen LogP contribution in [0.25, 0.3) is 0 Å². The third-order valence-electron chi connectivity index (χ3n) is 6.70. The van der Waals surface area contributed by atoms with Gasteiger partial charge in [-0.15, -0.1) is 0 Å². The van der Waals surface area contributed by atoms with Crippen molar-refractivity contribution in [1.29, 1.82) is 0 Å². The van der Waals surface area contributed by atoms with Crippen LogP contribution in [-0.2, 0) is 31.5 Å². The highest BCUT2D eigenvalue weighted by molar-refractivity contribution is 5.75. The minimum absolute atomic E-state index is 0.0193. The van der Waals surface area contributed by atoms with Crippen molar-refractivity contribution < 1.29 is 9.21 Å². The first kappa shape index (κ1) is 19.4. The van der Waals surface area contributed by atoms with Crippen molar-refractivity contribution >= 4 is 6.03 Å². The predicted molar refractivity (Wildman–Crippen MR) is 111 cm³/mol. The number of amides is 2. The maximum atomic E-state index is 13.3. The van der Waals surface area contributed by atoms with Crippen LogP contribution in [0.4, 0.5) is 4.79 Å². The molecule has 0 bridgehead atoms. The Bertz CT molecular complexity index is 1010. The number of urea groups is 1. The largest absolute Gasteiger partial charge is 0.468 e. The van der Waals surface area contributed by atoms with Gasteiger partial charge < -0.3 is 14.6 Å².